The van der Waals surface area contributed by atoms with E-state index in [1.54, 1.807) is 24.7 Å². The number of ether oxygens (including phenoxy) is 1. The van der Waals surface area contributed by atoms with Gasteiger partial charge in [0.25, 0.3) is 0 Å². The first-order valence-corrected chi connectivity index (χ1v) is 4.51. The van der Waals surface area contributed by atoms with Crippen molar-refractivity contribution in [2.75, 3.05) is 7.11 Å². The van der Waals surface area contributed by atoms with E-state index in [0.717, 1.165) is 16.5 Å². The van der Waals surface area contributed by atoms with Crippen LogP contribution in [0.15, 0.2) is 24.7 Å². The van der Waals surface area contributed by atoms with Gasteiger partial charge in [-0.3, -0.25) is 9.97 Å². The van der Waals surface area contributed by atoms with Gasteiger partial charge in [0.15, 0.2) is 0 Å². The van der Waals surface area contributed by atoms with Gasteiger partial charge >= 0.3 is 5.97 Å². The number of hydrogen-bond acceptors (Lipinski definition) is 4. The number of pyridine rings is 2. The molecule has 0 saturated carbocycles. The van der Waals surface area contributed by atoms with Crippen LogP contribution >= 0.6 is 0 Å². The number of carbonyl (C=O) groups excluding carboxylic acids is 1. The SMILES string of the molecule is COC(=O)c1ccnc2c(C)cncc12. The van der Waals surface area contributed by atoms with Crippen molar-refractivity contribution in [1.29, 1.82) is 0 Å². The Balaban J connectivity index is 2.77. The molecule has 0 bridgehead atoms. The number of aromatic nitrogens is 2. The summed E-state index contributed by atoms with van der Waals surface area (Å²) in [5, 5.41) is 0.726. The molecule has 0 aliphatic carbocycles. The molecular formula is C11H10N2O2. The fraction of sp³-hybridized carbons (Fsp3) is 0.182. The largest absolute Gasteiger partial charge is 0.465 e. The Hall–Kier alpha value is -1.97. The maximum Gasteiger partial charge on any atom is 0.338 e. The number of fused-ring (bicyclic) bond motifs is 1. The minimum Gasteiger partial charge on any atom is -0.465 e. The Kier molecular flexibility index (Phi) is 2.33. The zero-order valence-electron chi connectivity index (χ0n) is 8.52. The first-order chi connectivity index (χ1) is 7.24. The Bertz CT molecular complexity index is 523. The van der Waals surface area contributed by atoms with Gasteiger partial charge in [-0.1, -0.05) is 0 Å². The molecule has 0 radical (unpaired) electrons. The third-order valence-electron chi connectivity index (χ3n) is 2.24. The van der Waals surface area contributed by atoms with Gasteiger partial charge in [-0.15, -0.1) is 0 Å². The molecule has 0 amide bonds. The summed E-state index contributed by atoms with van der Waals surface area (Å²) in [4.78, 5) is 19.7. The second-order valence-corrected chi connectivity index (χ2v) is 3.20. The molecule has 0 fully saturated rings. The molecule has 0 aliphatic rings. The number of carbonyl (C=O) groups is 1. The van der Waals surface area contributed by atoms with Crippen LogP contribution in [-0.2, 0) is 4.74 Å². The Morgan fingerprint density at radius 2 is 2.20 bits per heavy atom. The highest BCUT2D eigenvalue weighted by atomic mass is 16.5. The zero-order valence-corrected chi connectivity index (χ0v) is 8.52. The van der Waals surface area contributed by atoms with Gasteiger partial charge in [-0.05, 0) is 18.6 Å². The molecule has 2 aromatic heterocycles. The second kappa shape index (κ2) is 3.65. The standard InChI is InChI=1S/C11H10N2O2/c1-7-5-12-6-9-8(11(14)15-2)3-4-13-10(7)9/h3-6H,1-2H3. The van der Waals surface area contributed by atoms with Gasteiger partial charge in [0, 0.05) is 24.0 Å². The summed E-state index contributed by atoms with van der Waals surface area (Å²) in [5.74, 6) is -0.366. The summed E-state index contributed by atoms with van der Waals surface area (Å²) in [6.07, 6.45) is 4.94. The van der Waals surface area contributed by atoms with Gasteiger partial charge in [0.05, 0.1) is 18.2 Å². The smallest absolute Gasteiger partial charge is 0.338 e. The van der Waals surface area contributed by atoms with Crippen molar-refractivity contribution in [2.24, 2.45) is 0 Å². The highest BCUT2D eigenvalue weighted by Crippen LogP contribution is 2.18. The van der Waals surface area contributed by atoms with E-state index in [0.29, 0.717) is 5.56 Å². The monoisotopic (exact) mass is 202 g/mol. The third-order valence-corrected chi connectivity index (χ3v) is 2.24. The fourth-order valence-electron chi connectivity index (χ4n) is 1.49. The van der Waals surface area contributed by atoms with E-state index in [-0.39, 0.29) is 5.97 Å². The van der Waals surface area contributed by atoms with Crippen molar-refractivity contribution in [3.05, 3.63) is 35.8 Å². The van der Waals surface area contributed by atoms with Gasteiger partial charge < -0.3 is 4.74 Å². The molecule has 76 valence electrons. The average molecular weight is 202 g/mol. The summed E-state index contributed by atoms with van der Waals surface area (Å²) < 4.78 is 4.69. The molecule has 0 saturated heterocycles. The van der Waals surface area contributed by atoms with E-state index in [1.807, 2.05) is 6.92 Å². The summed E-state index contributed by atoms with van der Waals surface area (Å²) in [5.41, 5.74) is 2.23. The number of hydrogen-bond donors (Lipinski definition) is 0. The average Bonchev–Trinajstić information content (AvgIpc) is 2.28. The lowest BCUT2D eigenvalue weighted by molar-refractivity contribution is 0.0603. The maximum absolute atomic E-state index is 11.5. The quantitative estimate of drug-likeness (QED) is 0.661. The fourth-order valence-corrected chi connectivity index (χ4v) is 1.49. The van der Waals surface area contributed by atoms with E-state index >= 15 is 0 Å². The molecular weight excluding hydrogens is 192 g/mol. The van der Waals surface area contributed by atoms with Gasteiger partial charge in [-0.25, -0.2) is 4.79 Å². The Labute approximate surface area is 86.9 Å². The zero-order chi connectivity index (χ0) is 10.8. The van der Waals surface area contributed by atoms with E-state index in [4.69, 9.17) is 0 Å². The molecule has 4 nitrogen and oxygen atoms in total. The normalized spacial score (nSPS) is 10.3. The number of methoxy groups -OCH3 is 1. The maximum atomic E-state index is 11.5. The summed E-state index contributed by atoms with van der Waals surface area (Å²) >= 11 is 0. The minimum absolute atomic E-state index is 0.366. The van der Waals surface area contributed by atoms with Crippen LogP contribution in [0.3, 0.4) is 0 Å². The molecule has 2 heterocycles. The number of aryl methyl sites for hydroxylation is 1. The number of esters is 1. The highest BCUT2D eigenvalue weighted by molar-refractivity contribution is 6.03. The van der Waals surface area contributed by atoms with Gasteiger partial charge in [-0.2, -0.15) is 0 Å². The van der Waals surface area contributed by atoms with Crippen LogP contribution in [0.4, 0.5) is 0 Å². The van der Waals surface area contributed by atoms with Crippen molar-refractivity contribution < 1.29 is 9.53 Å². The van der Waals surface area contributed by atoms with E-state index < -0.39 is 0 Å². The Morgan fingerprint density at radius 3 is 2.93 bits per heavy atom. The van der Waals surface area contributed by atoms with Crippen molar-refractivity contribution in [3.8, 4) is 0 Å². The molecule has 2 rings (SSSR count). The van der Waals surface area contributed by atoms with Crippen LogP contribution in [0, 0.1) is 6.92 Å². The lowest BCUT2D eigenvalue weighted by atomic mass is 10.1. The predicted octanol–water partition coefficient (Wildman–Crippen LogP) is 1.72. The summed E-state index contributed by atoms with van der Waals surface area (Å²) in [7, 11) is 1.36. The van der Waals surface area contributed by atoms with Crippen LogP contribution in [0.2, 0.25) is 0 Å². The van der Waals surface area contributed by atoms with Crippen LogP contribution < -0.4 is 0 Å². The molecule has 0 aromatic carbocycles. The lowest BCUT2D eigenvalue weighted by Gasteiger charge is -2.04. The van der Waals surface area contributed by atoms with Crippen LogP contribution in [0.25, 0.3) is 10.9 Å². The van der Waals surface area contributed by atoms with E-state index in [1.165, 1.54) is 7.11 Å². The van der Waals surface area contributed by atoms with Crippen molar-refractivity contribution in [3.63, 3.8) is 0 Å². The van der Waals surface area contributed by atoms with Crippen LogP contribution in [0.1, 0.15) is 15.9 Å². The molecule has 15 heavy (non-hydrogen) atoms. The molecule has 4 heteroatoms. The van der Waals surface area contributed by atoms with Crippen molar-refractivity contribution in [2.45, 2.75) is 6.92 Å². The van der Waals surface area contributed by atoms with Crippen molar-refractivity contribution in [1.82, 2.24) is 9.97 Å². The van der Waals surface area contributed by atoms with Gasteiger partial charge in [0.1, 0.15) is 0 Å². The third kappa shape index (κ3) is 1.54. The molecule has 2 aromatic rings. The number of nitrogens with zero attached hydrogens (tertiary/aromatic N) is 2. The molecule has 0 unspecified atom stereocenters. The molecule has 0 atom stereocenters. The van der Waals surface area contributed by atoms with E-state index in [9.17, 15) is 4.79 Å². The Morgan fingerprint density at radius 1 is 1.40 bits per heavy atom. The van der Waals surface area contributed by atoms with E-state index in [2.05, 4.69) is 14.7 Å². The predicted molar refractivity (Wildman–Crippen MR) is 55.6 cm³/mol. The van der Waals surface area contributed by atoms with Gasteiger partial charge in [0.2, 0.25) is 0 Å². The first-order valence-electron chi connectivity index (χ1n) is 4.51. The van der Waals surface area contributed by atoms with Crippen molar-refractivity contribution >= 4 is 16.9 Å². The topological polar surface area (TPSA) is 52.1 Å². The minimum atomic E-state index is -0.366. The van der Waals surface area contributed by atoms with Crippen LogP contribution in [0.5, 0.6) is 0 Å². The number of rotatable bonds is 1. The summed E-state index contributed by atoms with van der Waals surface area (Å²) in [6.45, 7) is 1.91. The second-order valence-electron chi connectivity index (χ2n) is 3.20. The molecule has 0 aliphatic heterocycles. The molecule has 0 N–H and O–H groups in total. The van der Waals surface area contributed by atoms with Crippen LogP contribution in [-0.4, -0.2) is 23.0 Å². The lowest BCUT2D eigenvalue weighted by Crippen LogP contribution is -2.03. The molecule has 0 spiro atoms. The first kappa shape index (κ1) is 9.58. The highest BCUT2D eigenvalue weighted by Gasteiger charge is 2.11. The summed E-state index contributed by atoms with van der Waals surface area (Å²) in [6, 6.07) is 1.63.